The summed E-state index contributed by atoms with van der Waals surface area (Å²) >= 11 is 0. The lowest BCUT2D eigenvalue weighted by Crippen LogP contribution is -2.67. The van der Waals surface area contributed by atoms with Gasteiger partial charge in [0.25, 0.3) is 0 Å². The van der Waals surface area contributed by atoms with Crippen LogP contribution in [0.2, 0.25) is 0 Å². The Morgan fingerprint density at radius 2 is 1.81 bits per heavy atom. The minimum absolute atomic E-state index is 0.0385. The highest BCUT2D eigenvalue weighted by molar-refractivity contribution is 5.67. The first-order chi connectivity index (χ1) is 14.8. The molecule has 2 aromatic rings. The highest BCUT2D eigenvalue weighted by atomic mass is 16.1. The molecular formula is C25H35N5O. The Morgan fingerprint density at radius 1 is 1.06 bits per heavy atom. The smallest absolute Gasteiger partial charge is 0.327 e. The van der Waals surface area contributed by atoms with Gasteiger partial charge in [0.1, 0.15) is 12.0 Å². The lowest BCUT2D eigenvalue weighted by atomic mass is 9.88. The number of rotatable bonds is 4. The van der Waals surface area contributed by atoms with Crippen LogP contribution in [0.3, 0.4) is 0 Å². The number of aromatic nitrogens is 2. The van der Waals surface area contributed by atoms with E-state index in [4.69, 9.17) is 0 Å². The highest BCUT2D eigenvalue weighted by Crippen LogP contribution is 2.37. The highest BCUT2D eigenvalue weighted by Gasteiger charge is 2.44. The molecule has 31 heavy (non-hydrogen) atoms. The summed E-state index contributed by atoms with van der Waals surface area (Å²) in [5.74, 6) is 1.02. The van der Waals surface area contributed by atoms with E-state index in [1.165, 1.54) is 18.4 Å². The molecule has 3 atom stereocenters. The second kappa shape index (κ2) is 7.68. The zero-order valence-electron chi connectivity index (χ0n) is 19.2. The molecule has 0 aliphatic carbocycles. The van der Waals surface area contributed by atoms with E-state index in [0.717, 1.165) is 37.7 Å². The first-order valence-electron chi connectivity index (χ1n) is 11.6. The molecule has 1 N–H and O–H groups in total. The fourth-order valence-electron chi connectivity index (χ4n) is 5.66. The van der Waals surface area contributed by atoms with Crippen molar-refractivity contribution in [2.24, 2.45) is 12.5 Å². The molecule has 6 rings (SSSR count). The van der Waals surface area contributed by atoms with Gasteiger partial charge in [-0.05, 0) is 36.0 Å². The normalized spacial score (nSPS) is 26.5. The summed E-state index contributed by atoms with van der Waals surface area (Å²) in [5.41, 5.74) is 2.42. The zero-order valence-corrected chi connectivity index (χ0v) is 19.2. The number of fused-ring (bicyclic) bond motifs is 4. The second-order valence-electron chi connectivity index (χ2n) is 10.7. The number of hydrogen-bond donors (Lipinski definition) is 1. The van der Waals surface area contributed by atoms with E-state index in [1.54, 1.807) is 4.57 Å². The lowest BCUT2D eigenvalue weighted by Gasteiger charge is -2.56. The molecule has 3 unspecified atom stereocenters. The van der Waals surface area contributed by atoms with Gasteiger partial charge in [-0.2, -0.15) is 0 Å². The summed E-state index contributed by atoms with van der Waals surface area (Å²) in [5, 5.41) is 0. The molecule has 1 aromatic carbocycles. The van der Waals surface area contributed by atoms with Crippen LogP contribution in [0.25, 0.3) is 6.08 Å². The van der Waals surface area contributed by atoms with E-state index in [1.807, 2.05) is 7.05 Å². The Hall–Kier alpha value is -2.31. The van der Waals surface area contributed by atoms with Gasteiger partial charge in [0, 0.05) is 45.3 Å². The van der Waals surface area contributed by atoms with Crippen molar-refractivity contribution in [1.82, 2.24) is 19.4 Å². The lowest BCUT2D eigenvalue weighted by molar-refractivity contribution is -0.0393. The number of nitrogens with zero attached hydrogens (tertiary/aromatic N) is 4. The number of piperidine rings is 2. The van der Waals surface area contributed by atoms with Gasteiger partial charge in [0.2, 0.25) is 0 Å². The fraction of sp³-hybridized carbons (Fsp3) is 0.560. The van der Waals surface area contributed by atoms with Gasteiger partial charge in [-0.15, -0.1) is 0 Å². The maximum atomic E-state index is 12.4. The number of benzene rings is 1. The molecule has 4 aliphatic heterocycles. The van der Waals surface area contributed by atoms with Crippen LogP contribution in [0.5, 0.6) is 0 Å². The van der Waals surface area contributed by atoms with E-state index in [9.17, 15) is 4.79 Å². The quantitative estimate of drug-likeness (QED) is 0.823. The van der Waals surface area contributed by atoms with Crippen molar-refractivity contribution in [2.75, 3.05) is 24.5 Å². The monoisotopic (exact) mass is 421 g/mol. The summed E-state index contributed by atoms with van der Waals surface area (Å²) in [6.07, 6.45) is 7.14. The van der Waals surface area contributed by atoms with Gasteiger partial charge in [-0.3, -0.25) is 14.4 Å². The summed E-state index contributed by atoms with van der Waals surface area (Å²) in [7, 11) is 1.88. The number of nitrogens with one attached hydrogen (secondary N) is 1. The van der Waals surface area contributed by atoms with Gasteiger partial charge in [-0.1, -0.05) is 51.1 Å². The summed E-state index contributed by atoms with van der Waals surface area (Å²) in [6.45, 7) is 11.0. The molecule has 2 bridgehead atoms. The molecule has 6 heteroatoms. The zero-order chi connectivity index (χ0) is 21.8. The predicted octanol–water partition coefficient (Wildman–Crippen LogP) is 3.27. The van der Waals surface area contributed by atoms with Gasteiger partial charge >= 0.3 is 5.69 Å². The summed E-state index contributed by atoms with van der Waals surface area (Å²) in [4.78, 5) is 23.2. The van der Waals surface area contributed by atoms with Crippen molar-refractivity contribution in [3.8, 4) is 0 Å². The third kappa shape index (κ3) is 3.87. The van der Waals surface area contributed by atoms with Gasteiger partial charge < -0.3 is 9.88 Å². The van der Waals surface area contributed by atoms with E-state index in [0.29, 0.717) is 12.1 Å². The summed E-state index contributed by atoms with van der Waals surface area (Å²) in [6, 6.07) is 12.0. The predicted molar refractivity (Wildman–Crippen MR) is 126 cm³/mol. The number of anilines is 1. The molecule has 0 amide bonds. The molecule has 6 nitrogen and oxygen atoms in total. The van der Waals surface area contributed by atoms with E-state index < -0.39 is 0 Å². The third-order valence-corrected chi connectivity index (χ3v) is 7.03. The van der Waals surface area contributed by atoms with Crippen molar-refractivity contribution in [3.63, 3.8) is 0 Å². The number of aromatic amines is 1. The standard InChI is InChI=1S/C25H35N5O/c1-25(2,3)17-30-22(13-12-21-23(30)27(4)24(31)26-21)29-16-19-10-11-20(29)15-28(19)14-18-8-6-5-7-9-18/h5-9,12-13,19-20,22H,10-11,14-17H2,1-4H3,(H,26,31). The Morgan fingerprint density at radius 3 is 2.48 bits per heavy atom. The van der Waals surface area contributed by atoms with E-state index in [-0.39, 0.29) is 17.3 Å². The summed E-state index contributed by atoms with van der Waals surface area (Å²) < 4.78 is 1.78. The molecule has 1 aromatic heterocycles. The van der Waals surface area contributed by atoms with Crippen molar-refractivity contribution >= 4 is 11.9 Å². The Kier molecular flexibility index (Phi) is 5.10. The molecular weight excluding hydrogens is 386 g/mol. The number of hydrogen-bond acceptors (Lipinski definition) is 4. The SMILES string of the molecule is Cn1c2c([nH]c1=O)C=CC(N1CC3CCC1CN3Cc1ccccc1)N2CC(C)(C)C. The van der Waals surface area contributed by atoms with Crippen LogP contribution >= 0.6 is 0 Å². The van der Waals surface area contributed by atoms with Crippen molar-refractivity contribution < 1.29 is 0 Å². The van der Waals surface area contributed by atoms with Crippen LogP contribution in [-0.4, -0.2) is 57.2 Å². The largest absolute Gasteiger partial charge is 0.336 e. The minimum Gasteiger partial charge on any atom is -0.336 e. The van der Waals surface area contributed by atoms with Gasteiger partial charge in [0.15, 0.2) is 0 Å². The van der Waals surface area contributed by atoms with E-state index in [2.05, 4.69) is 82.9 Å². The average Bonchev–Trinajstić information content (AvgIpc) is 3.03. The van der Waals surface area contributed by atoms with Crippen LogP contribution in [0.1, 0.15) is 44.9 Å². The number of imidazole rings is 1. The first kappa shape index (κ1) is 20.6. The fourth-order valence-corrected chi connectivity index (χ4v) is 5.66. The molecule has 3 fully saturated rings. The molecule has 0 spiro atoms. The number of H-pyrrole nitrogens is 1. The molecule has 5 heterocycles. The molecule has 0 radical (unpaired) electrons. The van der Waals surface area contributed by atoms with Crippen molar-refractivity contribution in [3.05, 3.63) is 58.1 Å². The van der Waals surface area contributed by atoms with Crippen molar-refractivity contribution in [1.29, 1.82) is 0 Å². The second-order valence-corrected chi connectivity index (χ2v) is 10.7. The number of piperazine rings is 1. The van der Waals surface area contributed by atoms with Gasteiger partial charge in [0.05, 0.1) is 5.69 Å². The maximum Gasteiger partial charge on any atom is 0.327 e. The molecule has 166 valence electrons. The van der Waals surface area contributed by atoms with Crippen LogP contribution < -0.4 is 10.6 Å². The maximum absolute atomic E-state index is 12.4. The van der Waals surface area contributed by atoms with Gasteiger partial charge in [-0.25, -0.2) is 4.79 Å². The third-order valence-electron chi connectivity index (χ3n) is 7.03. The van der Waals surface area contributed by atoms with Crippen LogP contribution in [-0.2, 0) is 13.6 Å². The molecule has 0 saturated carbocycles. The minimum atomic E-state index is -0.0385. The topological polar surface area (TPSA) is 47.5 Å². The first-order valence-corrected chi connectivity index (χ1v) is 11.6. The molecule has 4 aliphatic rings. The van der Waals surface area contributed by atoms with Crippen LogP contribution in [0, 0.1) is 5.41 Å². The Balaban J connectivity index is 1.40. The Bertz CT molecular complexity index is 1010. The average molecular weight is 422 g/mol. The van der Waals surface area contributed by atoms with Crippen LogP contribution in [0.15, 0.2) is 41.2 Å². The Labute approximate surface area is 185 Å². The molecule has 3 saturated heterocycles. The van der Waals surface area contributed by atoms with Crippen LogP contribution in [0.4, 0.5) is 5.82 Å². The van der Waals surface area contributed by atoms with E-state index >= 15 is 0 Å². The van der Waals surface area contributed by atoms with Crippen molar-refractivity contribution in [2.45, 2.75) is 58.4 Å².